The highest BCUT2D eigenvalue weighted by Crippen LogP contribution is 2.16. The molecule has 21 heavy (non-hydrogen) atoms. The van der Waals surface area contributed by atoms with Crippen LogP contribution in [0.3, 0.4) is 0 Å². The van der Waals surface area contributed by atoms with Crippen LogP contribution in [0.5, 0.6) is 0 Å². The largest absolute Gasteiger partial charge is 0.354 e. The minimum absolute atomic E-state index is 0.132. The van der Waals surface area contributed by atoms with Gasteiger partial charge in [-0.25, -0.2) is 0 Å². The van der Waals surface area contributed by atoms with Gasteiger partial charge in [-0.05, 0) is 39.3 Å². The zero-order chi connectivity index (χ0) is 15.3. The second kappa shape index (κ2) is 7.05. The van der Waals surface area contributed by atoms with Crippen molar-refractivity contribution in [3.05, 3.63) is 35.9 Å². The number of hydrogen-bond donors (Lipinski definition) is 3. The van der Waals surface area contributed by atoms with E-state index in [1.807, 2.05) is 6.07 Å². The summed E-state index contributed by atoms with van der Waals surface area (Å²) in [5.74, 6) is 0.301. The minimum Gasteiger partial charge on any atom is -0.354 e. The highest BCUT2D eigenvalue weighted by atomic mass is 16.1. The topological polar surface area (TPSA) is 53.2 Å². The number of amides is 1. The molecule has 4 nitrogen and oxygen atoms in total. The number of carbonyl (C=O) groups is 1. The van der Waals surface area contributed by atoms with Gasteiger partial charge < -0.3 is 16.0 Å². The summed E-state index contributed by atoms with van der Waals surface area (Å²) >= 11 is 0. The Morgan fingerprint density at radius 1 is 1.38 bits per heavy atom. The van der Waals surface area contributed by atoms with Crippen LogP contribution in [0.2, 0.25) is 0 Å². The highest BCUT2D eigenvalue weighted by molar-refractivity contribution is 5.79. The van der Waals surface area contributed by atoms with Crippen molar-refractivity contribution in [2.75, 3.05) is 19.6 Å². The normalized spacial score (nSPS) is 20.2. The Bertz CT molecular complexity index is 452. The smallest absolute Gasteiger partial charge is 0.224 e. The Labute approximate surface area is 127 Å². The van der Waals surface area contributed by atoms with Crippen LogP contribution in [-0.2, 0) is 4.79 Å². The Hall–Kier alpha value is -1.39. The molecule has 0 saturated carbocycles. The van der Waals surface area contributed by atoms with Gasteiger partial charge in [-0.15, -0.1) is 0 Å². The Morgan fingerprint density at radius 2 is 2.10 bits per heavy atom. The lowest BCUT2D eigenvalue weighted by Crippen LogP contribution is -2.50. The van der Waals surface area contributed by atoms with Gasteiger partial charge in [0.1, 0.15) is 0 Å². The van der Waals surface area contributed by atoms with Crippen LogP contribution in [0, 0.1) is 5.92 Å². The summed E-state index contributed by atoms with van der Waals surface area (Å²) in [5, 5.41) is 9.90. The van der Waals surface area contributed by atoms with Crippen LogP contribution >= 0.6 is 0 Å². The minimum atomic E-state index is -0.142. The van der Waals surface area contributed by atoms with Gasteiger partial charge in [0, 0.05) is 24.7 Å². The van der Waals surface area contributed by atoms with Gasteiger partial charge >= 0.3 is 0 Å². The van der Waals surface area contributed by atoms with E-state index in [4.69, 9.17) is 0 Å². The van der Waals surface area contributed by atoms with E-state index in [2.05, 4.69) is 61.0 Å². The third-order valence-electron chi connectivity index (χ3n) is 4.04. The van der Waals surface area contributed by atoms with E-state index in [1.54, 1.807) is 0 Å². The number of carbonyl (C=O) groups excluding carboxylic acids is 1. The summed E-state index contributed by atoms with van der Waals surface area (Å²) in [6.07, 6.45) is 0.945. The molecule has 4 heteroatoms. The van der Waals surface area contributed by atoms with Crippen molar-refractivity contribution in [3.63, 3.8) is 0 Å². The molecule has 1 aliphatic rings. The van der Waals surface area contributed by atoms with E-state index in [-0.39, 0.29) is 23.4 Å². The van der Waals surface area contributed by atoms with Crippen LogP contribution in [0.4, 0.5) is 0 Å². The number of benzene rings is 1. The lowest BCUT2D eigenvalue weighted by molar-refractivity contribution is -0.124. The van der Waals surface area contributed by atoms with Gasteiger partial charge in [0.05, 0.1) is 5.92 Å². The number of nitrogens with one attached hydrogen (secondary N) is 3. The van der Waals surface area contributed by atoms with Gasteiger partial charge in [0.15, 0.2) is 0 Å². The molecule has 0 aliphatic carbocycles. The van der Waals surface area contributed by atoms with E-state index in [1.165, 1.54) is 5.56 Å². The van der Waals surface area contributed by atoms with Crippen LogP contribution in [0.25, 0.3) is 0 Å². The third-order valence-corrected chi connectivity index (χ3v) is 4.04. The molecule has 2 unspecified atom stereocenters. The lowest BCUT2D eigenvalue weighted by atomic mass is 10.00. The second-order valence-corrected chi connectivity index (χ2v) is 6.57. The van der Waals surface area contributed by atoms with Crippen LogP contribution in [0.1, 0.15) is 38.8 Å². The molecule has 116 valence electrons. The van der Waals surface area contributed by atoms with Crippen molar-refractivity contribution in [3.8, 4) is 0 Å². The summed E-state index contributed by atoms with van der Waals surface area (Å²) in [4.78, 5) is 12.1. The predicted octanol–water partition coefficient (Wildman–Crippen LogP) is 1.84. The summed E-state index contributed by atoms with van der Waals surface area (Å²) in [5.41, 5.74) is 1.12. The molecular formula is C17H27N3O. The van der Waals surface area contributed by atoms with E-state index in [0.717, 1.165) is 19.5 Å². The monoisotopic (exact) mass is 289 g/mol. The Kier molecular flexibility index (Phi) is 5.37. The van der Waals surface area contributed by atoms with E-state index >= 15 is 0 Å². The molecule has 1 aromatic carbocycles. The first kappa shape index (κ1) is 16.0. The molecule has 1 fully saturated rings. The van der Waals surface area contributed by atoms with Gasteiger partial charge in [0.25, 0.3) is 0 Å². The standard InChI is InChI=1S/C17H27N3O/c1-13(14-7-5-4-6-8-14)20-17(2,3)12-19-16(21)15-9-10-18-11-15/h4-8,13,15,18,20H,9-12H2,1-3H3,(H,19,21). The summed E-state index contributed by atoms with van der Waals surface area (Å²) in [6, 6.07) is 10.6. The van der Waals surface area contributed by atoms with Crippen molar-refractivity contribution < 1.29 is 4.79 Å². The SMILES string of the molecule is CC(NC(C)(C)CNC(=O)C1CCNC1)c1ccccc1. The molecule has 1 aliphatic heterocycles. The fraction of sp³-hybridized carbons (Fsp3) is 0.588. The first-order valence-corrected chi connectivity index (χ1v) is 7.79. The maximum absolute atomic E-state index is 12.1. The molecule has 0 aromatic heterocycles. The Morgan fingerprint density at radius 3 is 2.71 bits per heavy atom. The molecule has 1 heterocycles. The van der Waals surface area contributed by atoms with Crippen LogP contribution in [0.15, 0.2) is 30.3 Å². The molecule has 3 N–H and O–H groups in total. The van der Waals surface area contributed by atoms with Gasteiger partial charge in [-0.1, -0.05) is 30.3 Å². The first-order valence-electron chi connectivity index (χ1n) is 7.79. The molecule has 2 rings (SSSR count). The first-order chi connectivity index (χ1) is 9.98. The maximum atomic E-state index is 12.1. The maximum Gasteiger partial charge on any atom is 0.224 e. The summed E-state index contributed by atoms with van der Waals surface area (Å²) < 4.78 is 0. The molecular weight excluding hydrogens is 262 g/mol. The molecule has 1 amide bonds. The van der Waals surface area contributed by atoms with Crippen molar-refractivity contribution in [2.24, 2.45) is 5.92 Å². The Balaban J connectivity index is 1.82. The lowest BCUT2D eigenvalue weighted by Gasteiger charge is -2.31. The van der Waals surface area contributed by atoms with Gasteiger partial charge in [-0.2, -0.15) is 0 Å². The van der Waals surface area contributed by atoms with Crippen LogP contribution < -0.4 is 16.0 Å². The third kappa shape index (κ3) is 4.83. The molecule has 2 atom stereocenters. The fourth-order valence-corrected chi connectivity index (χ4v) is 2.79. The van der Waals surface area contributed by atoms with Crippen molar-refractivity contribution in [2.45, 2.75) is 38.8 Å². The van der Waals surface area contributed by atoms with Crippen LogP contribution in [-0.4, -0.2) is 31.1 Å². The molecule has 0 bridgehead atoms. The number of rotatable bonds is 6. The highest BCUT2D eigenvalue weighted by Gasteiger charge is 2.26. The molecule has 1 aromatic rings. The van der Waals surface area contributed by atoms with Crippen molar-refractivity contribution in [1.29, 1.82) is 0 Å². The zero-order valence-corrected chi connectivity index (χ0v) is 13.3. The molecule has 1 saturated heterocycles. The van der Waals surface area contributed by atoms with E-state index < -0.39 is 0 Å². The van der Waals surface area contributed by atoms with E-state index in [0.29, 0.717) is 6.54 Å². The molecule has 0 spiro atoms. The van der Waals surface area contributed by atoms with Crippen molar-refractivity contribution in [1.82, 2.24) is 16.0 Å². The van der Waals surface area contributed by atoms with E-state index in [9.17, 15) is 4.79 Å². The summed E-state index contributed by atoms with van der Waals surface area (Å²) in [7, 11) is 0. The quantitative estimate of drug-likeness (QED) is 0.749. The summed E-state index contributed by atoms with van der Waals surface area (Å²) in [6.45, 7) is 8.80. The molecule has 0 radical (unpaired) electrons. The average molecular weight is 289 g/mol. The van der Waals surface area contributed by atoms with Gasteiger partial charge in [-0.3, -0.25) is 4.79 Å². The zero-order valence-electron chi connectivity index (χ0n) is 13.3. The predicted molar refractivity (Wildman–Crippen MR) is 86.1 cm³/mol. The average Bonchev–Trinajstić information content (AvgIpc) is 2.99. The van der Waals surface area contributed by atoms with Gasteiger partial charge in [0.2, 0.25) is 5.91 Å². The fourth-order valence-electron chi connectivity index (χ4n) is 2.79. The van der Waals surface area contributed by atoms with Crippen molar-refractivity contribution >= 4 is 5.91 Å². The second-order valence-electron chi connectivity index (χ2n) is 6.57. The number of hydrogen-bond acceptors (Lipinski definition) is 3.